The zero-order valence-electron chi connectivity index (χ0n) is 13.3. The Hall–Kier alpha value is -2.73. The van der Waals surface area contributed by atoms with E-state index in [1.807, 2.05) is 36.6 Å². The van der Waals surface area contributed by atoms with Gasteiger partial charge in [-0.3, -0.25) is 4.79 Å². The fraction of sp³-hybridized carbons (Fsp3) is 0.111. The minimum Gasteiger partial charge on any atom is -0.497 e. The number of nitrogens with one attached hydrogen (secondary N) is 1. The van der Waals surface area contributed by atoms with Crippen LogP contribution >= 0.6 is 11.8 Å². The maximum atomic E-state index is 12.5. The number of ether oxygens (including phenoxy) is 1. The van der Waals surface area contributed by atoms with E-state index in [1.165, 1.54) is 11.8 Å². The van der Waals surface area contributed by atoms with Gasteiger partial charge in [-0.05, 0) is 42.7 Å². The number of rotatable bonds is 5. The summed E-state index contributed by atoms with van der Waals surface area (Å²) in [7, 11) is 1.60. The van der Waals surface area contributed by atoms with Gasteiger partial charge in [0.15, 0.2) is 10.8 Å². The summed E-state index contributed by atoms with van der Waals surface area (Å²) in [5, 5.41) is 3.30. The van der Waals surface area contributed by atoms with Gasteiger partial charge in [0.05, 0.1) is 7.11 Å². The van der Waals surface area contributed by atoms with Crippen LogP contribution in [0, 0.1) is 0 Å². The molecular formula is C18H16N2O3S. The van der Waals surface area contributed by atoms with Crippen LogP contribution in [-0.4, -0.2) is 24.3 Å². The molecule has 6 heteroatoms. The summed E-state index contributed by atoms with van der Waals surface area (Å²) < 4.78 is 10.8. The number of carbonyl (C=O) groups excluding carboxylic acids is 1. The predicted octanol–water partition coefficient (Wildman–Crippen LogP) is 4.32. The van der Waals surface area contributed by atoms with Crippen LogP contribution < -0.4 is 10.1 Å². The molecule has 1 aromatic heterocycles. The van der Waals surface area contributed by atoms with Crippen LogP contribution in [0.25, 0.3) is 11.5 Å². The maximum Gasteiger partial charge on any atom is 0.278 e. The smallest absolute Gasteiger partial charge is 0.278 e. The average Bonchev–Trinajstić information content (AvgIpc) is 3.08. The Kier molecular flexibility index (Phi) is 4.86. The van der Waals surface area contributed by atoms with Gasteiger partial charge in [0.2, 0.25) is 5.89 Å². The van der Waals surface area contributed by atoms with E-state index in [4.69, 9.17) is 9.15 Å². The Morgan fingerprint density at radius 3 is 2.46 bits per heavy atom. The highest BCUT2D eigenvalue weighted by Gasteiger charge is 2.20. The number of thioether (sulfide) groups is 1. The van der Waals surface area contributed by atoms with Gasteiger partial charge in [-0.1, -0.05) is 30.0 Å². The number of benzene rings is 2. The number of amides is 1. The first-order valence-electron chi connectivity index (χ1n) is 7.27. The average molecular weight is 340 g/mol. The molecule has 1 amide bonds. The van der Waals surface area contributed by atoms with Gasteiger partial charge in [-0.25, -0.2) is 4.98 Å². The molecule has 0 unspecified atom stereocenters. The summed E-state index contributed by atoms with van der Waals surface area (Å²) in [5.74, 6) is 0.848. The first kappa shape index (κ1) is 16.1. The maximum absolute atomic E-state index is 12.5. The van der Waals surface area contributed by atoms with Gasteiger partial charge in [0.25, 0.3) is 5.91 Å². The van der Waals surface area contributed by atoms with Crippen LogP contribution in [0.5, 0.6) is 5.75 Å². The SMILES string of the molecule is COc1ccc(NC(=O)c2nc(-c3ccccc3)oc2SC)cc1. The van der Waals surface area contributed by atoms with Gasteiger partial charge < -0.3 is 14.5 Å². The van der Waals surface area contributed by atoms with E-state index >= 15 is 0 Å². The van der Waals surface area contributed by atoms with E-state index in [2.05, 4.69) is 10.3 Å². The molecule has 122 valence electrons. The van der Waals surface area contributed by atoms with Crippen molar-refractivity contribution in [2.24, 2.45) is 0 Å². The van der Waals surface area contributed by atoms with Crippen molar-refractivity contribution >= 4 is 23.4 Å². The quantitative estimate of drug-likeness (QED) is 0.701. The molecule has 0 aliphatic carbocycles. The largest absolute Gasteiger partial charge is 0.497 e. The number of oxazole rings is 1. The first-order chi connectivity index (χ1) is 11.7. The van der Waals surface area contributed by atoms with E-state index in [1.54, 1.807) is 31.4 Å². The summed E-state index contributed by atoms with van der Waals surface area (Å²) in [6.45, 7) is 0. The summed E-state index contributed by atoms with van der Waals surface area (Å²) in [4.78, 5) is 16.9. The van der Waals surface area contributed by atoms with Crippen LogP contribution in [0.15, 0.2) is 64.1 Å². The highest BCUT2D eigenvalue weighted by Crippen LogP contribution is 2.28. The molecule has 3 aromatic rings. The summed E-state index contributed by atoms with van der Waals surface area (Å²) in [6.07, 6.45) is 1.85. The minimum absolute atomic E-state index is 0.275. The Morgan fingerprint density at radius 1 is 1.12 bits per heavy atom. The molecule has 0 aliphatic heterocycles. The fourth-order valence-corrected chi connectivity index (χ4v) is 2.65. The minimum atomic E-state index is -0.310. The molecule has 0 fully saturated rings. The lowest BCUT2D eigenvalue weighted by Crippen LogP contribution is -2.13. The molecule has 1 heterocycles. The molecule has 24 heavy (non-hydrogen) atoms. The lowest BCUT2D eigenvalue weighted by Gasteiger charge is -2.05. The highest BCUT2D eigenvalue weighted by molar-refractivity contribution is 7.98. The molecule has 0 spiro atoms. The normalized spacial score (nSPS) is 10.4. The number of carbonyl (C=O) groups is 1. The monoisotopic (exact) mass is 340 g/mol. The zero-order valence-corrected chi connectivity index (χ0v) is 14.1. The highest BCUT2D eigenvalue weighted by atomic mass is 32.2. The van der Waals surface area contributed by atoms with Gasteiger partial charge in [-0.2, -0.15) is 0 Å². The van der Waals surface area contributed by atoms with Gasteiger partial charge >= 0.3 is 0 Å². The van der Waals surface area contributed by atoms with Crippen molar-refractivity contribution in [1.82, 2.24) is 4.98 Å². The molecule has 0 bridgehead atoms. The van der Waals surface area contributed by atoms with Gasteiger partial charge in [-0.15, -0.1) is 0 Å². The van der Waals surface area contributed by atoms with Crippen LogP contribution in [0.1, 0.15) is 10.5 Å². The fourth-order valence-electron chi connectivity index (χ4n) is 2.16. The van der Waals surface area contributed by atoms with E-state index in [0.29, 0.717) is 16.7 Å². The number of hydrogen-bond acceptors (Lipinski definition) is 5. The van der Waals surface area contributed by atoms with E-state index in [9.17, 15) is 4.79 Å². The number of aromatic nitrogens is 1. The third-order valence-electron chi connectivity index (χ3n) is 3.37. The van der Waals surface area contributed by atoms with Crippen LogP contribution in [-0.2, 0) is 0 Å². The molecule has 5 nitrogen and oxygen atoms in total. The zero-order chi connectivity index (χ0) is 16.9. The second kappa shape index (κ2) is 7.23. The van der Waals surface area contributed by atoms with Crippen molar-refractivity contribution in [3.63, 3.8) is 0 Å². The standard InChI is InChI=1S/C18H16N2O3S/c1-22-14-10-8-13(9-11-14)19-16(21)15-18(24-2)23-17(20-15)12-6-4-3-5-7-12/h3-11H,1-2H3,(H,19,21). The molecule has 0 aliphatic rings. The molecule has 0 radical (unpaired) electrons. The first-order valence-corrected chi connectivity index (χ1v) is 8.49. The van der Waals surface area contributed by atoms with Gasteiger partial charge in [0.1, 0.15) is 5.75 Å². The van der Waals surface area contributed by atoms with Crippen molar-refractivity contribution in [3.8, 4) is 17.2 Å². The molecule has 3 rings (SSSR count). The third-order valence-corrected chi connectivity index (χ3v) is 4.01. The van der Waals surface area contributed by atoms with Gasteiger partial charge in [0, 0.05) is 11.3 Å². The van der Waals surface area contributed by atoms with Crippen molar-refractivity contribution in [2.45, 2.75) is 5.09 Å². The lowest BCUT2D eigenvalue weighted by atomic mass is 10.2. The number of nitrogens with zero attached hydrogens (tertiary/aromatic N) is 1. The number of methoxy groups -OCH3 is 1. The Labute approximate surface area is 144 Å². The third kappa shape index (κ3) is 3.44. The molecule has 0 saturated heterocycles. The lowest BCUT2D eigenvalue weighted by molar-refractivity contribution is 0.101. The van der Waals surface area contributed by atoms with E-state index < -0.39 is 0 Å². The summed E-state index contributed by atoms with van der Waals surface area (Å²) >= 11 is 1.35. The summed E-state index contributed by atoms with van der Waals surface area (Å²) in [5.41, 5.74) is 1.77. The van der Waals surface area contributed by atoms with Crippen molar-refractivity contribution < 1.29 is 13.9 Å². The Balaban J connectivity index is 1.84. The number of anilines is 1. The van der Waals surface area contributed by atoms with Crippen molar-refractivity contribution in [3.05, 3.63) is 60.3 Å². The second-order valence-electron chi connectivity index (χ2n) is 4.91. The predicted molar refractivity (Wildman–Crippen MR) is 94.7 cm³/mol. The molecule has 0 saturated carbocycles. The second-order valence-corrected chi connectivity index (χ2v) is 5.69. The molecular weight excluding hydrogens is 324 g/mol. The molecule has 0 atom stereocenters. The van der Waals surface area contributed by atoms with E-state index in [0.717, 1.165) is 11.3 Å². The van der Waals surface area contributed by atoms with Crippen LogP contribution in [0.2, 0.25) is 0 Å². The van der Waals surface area contributed by atoms with Crippen LogP contribution in [0.4, 0.5) is 5.69 Å². The molecule has 2 aromatic carbocycles. The topological polar surface area (TPSA) is 64.4 Å². The number of hydrogen-bond donors (Lipinski definition) is 1. The van der Waals surface area contributed by atoms with Crippen molar-refractivity contribution in [1.29, 1.82) is 0 Å². The van der Waals surface area contributed by atoms with Crippen LogP contribution in [0.3, 0.4) is 0 Å². The Morgan fingerprint density at radius 2 is 1.83 bits per heavy atom. The van der Waals surface area contributed by atoms with Crippen molar-refractivity contribution in [2.75, 3.05) is 18.7 Å². The van der Waals surface area contributed by atoms with E-state index in [-0.39, 0.29) is 11.6 Å². The summed E-state index contributed by atoms with van der Waals surface area (Å²) in [6, 6.07) is 16.6. The Bertz CT molecular complexity index is 829. The molecule has 1 N–H and O–H groups in total.